The van der Waals surface area contributed by atoms with E-state index in [2.05, 4.69) is 20.7 Å². The Morgan fingerprint density at radius 3 is 2.32 bits per heavy atom. The van der Waals surface area contributed by atoms with Crippen LogP contribution < -0.4 is 15.4 Å². The molecule has 0 radical (unpaired) electrons. The van der Waals surface area contributed by atoms with Crippen LogP contribution in [0.4, 0.5) is 14.5 Å². The Morgan fingerprint density at radius 1 is 1.12 bits per heavy atom. The van der Waals surface area contributed by atoms with Gasteiger partial charge in [0.2, 0.25) is 0 Å². The minimum atomic E-state index is -3.12. The SMILES string of the molecule is COC(=O)C1=C(C(=O)OC)N(c2cc(Br)cc(OC(F)F)c2)C(N)=C(C#N)C1c1ccccc1. The summed E-state index contributed by atoms with van der Waals surface area (Å²) in [5.41, 5.74) is 6.33. The lowest BCUT2D eigenvalue weighted by Gasteiger charge is -2.36. The maximum Gasteiger partial charge on any atom is 0.387 e. The van der Waals surface area contributed by atoms with E-state index in [4.69, 9.17) is 15.2 Å². The van der Waals surface area contributed by atoms with Gasteiger partial charge in [-0.1, -0.05) is 46.3 Å². The van der Waals surface area contributed by atoms with E-state index in [0.717, 1.165) is 19.1 Å². The number of benzene rings is 2. The minimum absolute atomic E-state index is 0.0589. The van der Waals surface area contributed by atoms with Crippen molar-refractivity contribution in [2.75, 3.05) is 19.1 Å². The molecular formula is C23H18BrF2N3O5. The number of alkyl halides is 2. The monoisotopic (exact) mass is 533 g/mol. The maximum atomic E-state index is 13.0. The van der Waals surface area contributed by atoms with Gasteiger partial charge in [-0.15, -0.1) is 0 Å². The van der Waals surface area contributed by atoms with Crippen molar-refractivity contribution in [3.05, 3.63) is 81.2 Å². The fourth-order valence-corrected chi connectivity index (χ4v) is 4.09. The number of carbonyl (C=O) groups excluding carboxylic acids is 2. The van der Waals surface area contributed by atoms with Crippen molar-refractivity contribution in [1.29, 1.82) is 5.26 Å². The molecule has 2 aromatic rings. The average Bonchev–Trinajstić information content (AvgIpc) is 2.81. The second-order valence-corrected chi connectivity index (χ2v) is 7.77. The number of hydrogen-bond acceptors (Lipinski definition) is 8. The first-order valence-corrected chi connectivity index (χ1v) is 10.4. The van der Waals surface area contributed by atoms with Crippen LogP contribution in [0.1, 0.15) is 11.5 Å². The number of carbonyl (C=O) groups is 2. The average molecular weight is 534 g/mol. The Morgan fingerprint density at radius 2 is 1.76 bits per heavy atom. The number of ether oxygens (including phenoxy) is 3. The summed E-state index contributed by atoms with van der Waals surface area (Å²) in [7, 11) is 2.23. The van der Waals surface area contributed by atoms with E-state index < -0.39 is 24.5 Å². The maximum absolute atomic E-state index is 13.0. The fraction of sp³-hybridized carbons (Fsp3) is 0.174. The van der Waals surface area contributed by atoms with Crippen molar-refractivity contribution in [2.24, 2.45) is 5.73 Å². The van der Waals surface area contributed by atoms with E-state index in [1.807, 2.05) is 6.07 Å². The number of halogens is 3. The highest BCUT2D eigenvalue weighted by Gasteiger charge is 2.43. The van der Waals surface area contributed by atoms with Crippen LogP contribution in [0.3, 0.4) is 0 Å². The molecule has 11 heteroatoms. The molecule has 0 bridgehead atoms. The molecule has 8 nitrogen and oxygen atoms in total. The van der Waals surface area contributed by atoms with Gasteiger partial charge in [-0.05, 0) is 17.7 Å². The van der Waals surface area contributed by atoms with Crippen molar-refractivity contribution in [1.82, 2.24) is 0 Å². The molecule has 3 rings (SSSR count). The molecule has 1 aliphatic heterocycles. The first-order chi connectivity index (χ1) is 16.2. The number of allylic oxidation sites excluding steroid dienone is 1. The molecule has 2 N–H and O–H groups in total. The summed E-state index contributed by atoms with van der Waals surface area (Å²) >= 11 is 3.20. The number of hydrogen-bond donors (Lipinski definition) is 1. The third-order valence-electron chi connectivity index (χ3n) is 4.95. The van der Waals surface area contributed by atoms with Gasteiger partial charge < -0.3 is 19.9 Å². The van der Waals surface area contributed by atoms with Crippen LogP contribution in [-0.4, -0.2) is 32.8 Å². The van der Waals surface area contributed by atoms with Crippen LogP contribution in [0.25, 0.3) is 0 Å². The zero-order chi connectivity index (χ0) is 25.0. The van der Waals surface area contributed by atoms with Crippen molar-refractivity contribution in [3.8, 4) is 11.8 Å². The molecule has 0 amide bonds. The number of nitrogens with zero attached hydrogens (tertiary/aromatic N) is 2. The lowest BCUT2D eigenvalue weighted by atomic mass is 9.81. The van der Waals surface area contributed by atoms with Gasteiger partial charge in [0.05, 0.1) is 43.0 Å². The van der Waals surface area contributed by atoms with Gasteiger partial charge in [0.15, 0.2) is 0 Å². The molecular weight excluding hydrogens is 516 g/mol. The first-order valence-electron chi connectivity index (χ1n) is 9.64. The molecule has 0 spiro atoms. The van der Waals surface area contributed by atoms with E-state index >= 15 is 0 Å². The van der Waals surface area contributed by atoms with Crippen LogP contribution in [0.15, 0.2) is 75.7 Å². The molecule has 1 atom stereocenters. The van der Waals surface area contributed by atoms with Crippen LogP contribution in [0.2, 0.25) is 0 Å². The molecule has 0 saturated carbocycles. The Hall–Kier alpha value is -3.91. The van der Waals surface area contributed by atoms with Crippen LogP contribution in [0, 0.1) is 11.3 Å². The van der Waals surface area contributed by atoms with Gasteiger partial charge >= 0.3 is 18.6 Å². The van der Waals surface area contributed by atoms with E-state index in [9.17, 15) is 23.6 Å². The molecule has 34 heavy (non-hydrogen) atoms. The van der Waals surface area contributed by atoms with Gasteiger partial charge in [-0.2, -0.15) is 14.0 Å². The molecule has 1 unspecified atom stereocenters. The van der Waals surface area contributed by atoms with Crippen LogP contribution >= 0.6 is 15.9 Å². The normalized spacial score (nSPS) is 15.8. The second kappa shape index (κ2) is 10.4. The summed E-state index contributed by atoms with van der Waals surface area (Å²) in [5, 5.41) is 10.0. The topological polar surface area (TPSA) is 115 Å². The summed E-state index contributed by atoms with van der Waals surface area (Å²) < 4.78 is 40.4. The van der Waals surface area contributed by atoms with E-state index in [1.54, 1.807) is 30.3 Å². The van der Waals surface area contributed by atoms with E-state index in [0.29, 0.717) is 10.0 Å². The number of esters is 2. The van der Waals surface area contributed by atoms with Crippen molar-refractivity contribution in [2.45, 2.75) is 12.5 Å². The number of methoxy groups -OCH3 is 2. The zero-order valence-corrected chi connectivity index (χ0v) is 19.5. The smallest absolute Gasteiger partial charge is 0.387 e. The Bertz CT molecular complexity index is 1220. The third-order valence-corrected chi connectivity index (χ3v) is 5.41. The van der Waals surface area contributed by atoms with Gasteiger partial charge in [0.25, 0.3) is 0 Å². The highest BCUT2D eigenvalue weighted by Crippen LogP contribution is 2.44. The first kappa shape index (κ1) is 24.7. The molecule has 0 aliphatic carbocycles. The lowest BCUT2D eigenvalue weighted by molar-refractivity contribution is -0.139. The van der Waals surface area contributed by atoms with Crippen molar-refractivity contribution >= 4 is 33.6 Å². The van der Waals surface area contributed by atoms with Crippen LogP contribution in [0.5, 0.6) is 5.75 Å². The largest absolute Gasteiger partial charge is 0.466 e. The molecule has 1 aliphatic rings. The predicted molar refractivity (Wildman–Crippen MR) is 120 cm³/mol. The summed E-state index contributed by atoms with van der Waals surface area (Å²) in [6, 6.07) is 14.4. The van der Waals surface area contributed by atoms with Crippen LogP contribution in [-0.2, 0) is 19.1 Å². The molecule has 0 aromatic heterocycles. The highest BCUT2D eigenvalue weighted by atomic mass is 79.9. The van der Waals surface area contributed by atoms with E-state index in [-0.39, 0.29) is 34.1 Å². The second-order valence-electron chi connectivity index (χ2n) is 6.86. The van der Waals surface area contributed by atoms with Gasteiger partial charge in [0.1, 0.15) is 17.3 Å². The summed E-state index contributed by atoms with van der Waals surface area (Å²) in [6.45, 7) is -3.12. The molecule has 0 fully saturated rings. The molecule has 176 valence electrons. The highest BCUT2D eigenvalue weighted by molar-refractivity contribution is 9.10. The Balaban J connectivity index is 2.39. The van der Waals surface area contributed by atoms with E-state index in [1.165, 1.54) is 18.2 Å². The summed E-state index contributed by atoms with van der Waals surface area (Å²) in [5.74, 6) is -3.37. The standard InChI is InChI=1S/C23H18BrF2N3O5/c1-32-21(30)18-17(12-6-4-3-5-7-12)16(11-27)20(28)29(19(18)22(31)33-2)14-8-13(24)9-15(10-14)34-23(25)26/h3-10,17,23H,28H2,1-2H3. The quantitative estimate of drug-likeness (QED) is 0.555. The summed E-state index contributed by atoms with van der Waals surface area (Å²) in [6.07, 6.45) is 0. The third kappa shape index (κ3) is 4.72. The summed E-state index contributed by atoms with van der Waals surface area (Å²) in [4.78, 5) is 27.1. The Kier molecular flexibility index (Phi) is 7.53. The minimum Gasteiger partial charge on any atom is -0.466 e. The van der Waals surface area contributed by atoms with Crippen molar-refractivity contribution < 1.29 is 32.6 Å². The fourth-order valence-electron chi connectivity index (χ4n) is 3.63. The van der Waals surface area contributed by atoms with Gasteiger partial charge in [-0.25, -0.2) is 9.59 Å². The molecule has 0 saturated heterocycles. The van der Waals surface area contributed by atoms with Crippen molar-refractivity contribution in [3.63, 3.8) is 0 Å². The lowest BCUT2D eigenvalue weighted by Crippen LogP contribution is -2.40. The van der Waals surface area contributed by atoms with Gasteiger partial charge in [-0.3, -0.25) is 4.90 Å². The molecule has 2 aromatic carbocycles. The number of rotatable bonds is 6. The molecule has 1 heterocycles. The zero-order valence-electron chi connectivity index (χ0n) is 17.9. The predicted octanol–water partition coefficient (Wildman–Crippen LogP) is 3.95. The van der Waals surface area contributed by atoms with Gasteiger partial charge in [0, 0.05) is 10.5 Å². The number of anilines is 1. The number of nitrogens with two attached hydrogens (primary N) is 1. The Labute approximate surface area is 201 Å². The number of nitriles is 1.